The van der Waals surface area contributed by atoms with Gasteiger partial charge in [-0.1, -0.05) is 30.3 Å². The molecule has 0 bridgehead atoms. The van der Waals surface area contributed by atoms with Crippen molar-refractivity contribution in [2.45, 2.75) is 19.4 Å². The molecule has 2 aromatic rings. The van der Waals surface area contributed by atoms with Crippen LogP contribution in [0.15, 0.2) is 35.8 Å². The highest BCUT2D eigenvalue weighted by Crippen LogP contribution is 2.16. The van der Waals surface area contributed by atoms with Crippen LogP contribution in [0.1, 0.15) is 22.2 Å². The van der Waals surface area contributed by atoms with E-state index in [1.807, 2.05) is 6.92 Å². The number of rotatable bonds is 7. The van der Waals surface area contributed by atoms with Gasteiger partial charge in [0.25, 0.3) is 0 Å². The third kappa shape index (κ3) is 4.36. The topological polar surface area (TPSA) is 96.4 Å². The number of aryl methyl sites for hydroxylation is 2. The van der Waals surface area contributed by atoms with Crippen molar-refractivity contribution in [2.75, 3.05) is 5.75 Å². The summed E-state index contributed by atoms with van der Waals surface area (Å²) in [7, 11) is -3.72. The molecule has 0 fully saturated rings. The predicted molar refractivity (Wildman–Crippen MR) is 84.3 cm³/mol. The van der Waals surface area contributed by atoms with Crippen molar-refractivity contribution in [3.05, 3.63) is 52.0 Å². The maximum atomic E-state index is 12.1. The molecular formula is C14H16N2O4S2. The van der Waals surface area contributed by atoms with Crippen LogP contribution in [0.2, 0.25) is 0 Å². The number of sulfonamides is 1. The molecule has 0 spiro atoms. The van der Waals surface area contributed by atoms with Gasteiger partial charge in [0.05, 0.1) is 17.0 Å². The lowest BCUT2D eigenvalue weighted by Gasteiger charge is -2.15. The Kier molecular flexibility index (Phi) is 5.28. The maximum absolute atomic E-state index is 12.1. The van der Waals surface area contributed by atoms with Crippen LogP contribution < -0.4 is 4.72 Å². The molecule has 0 radical (unpaired) electrons. The number of carboxylic acid groups (broad SMARTS) is 1. The second-order valence-corrected chi connectivity index (χ2v) is 7.54. The van der Waals surface area contributed by atoms with E-state index >= 15 is 0 Å². The third-order valence-corrected chi connectivity index (χ3v) is 5.45. The molecule has 0 aliphatic rings. The summed E-state index contributed by atoms with van der Waals surface area (Å²) in [5.41, 5.74) is 2.86. The number of nitrogens with one attached hydrogen (secondary N) is 1. The van der Waals surface area contributed by atoms with Gasteiger partial charge in [0, 0.05) is 4.88 Å². The molecule has 1 aromatic heterocycles. The van der Waals surface area contributed by atoms with Crippen LogP contribution in [0.4, 0.5) is 0 Å². The highest BCUT2D eigenvalue weighted by Gasteiger charge is 2.25. The fraction of sp³-hybridized carbons (Fsp3) is 0.286. The number of aliphatic carboxylic acids is 1. The molecule has 6 nitrogen and oxygen atoms in total. The Morgan fingerprint density at radius 1 is 1.36 bits per heavy atom. The molecule has 1 atom stereocenters. The van der Waals surface area contributed by atoms with Gasteiger partial charge in [-0.25, -0.2) is 13.4 Å². The van der Waals surface area contributed by atoms with Gasteiger partial charge >= 0.3 is 5.97 Å². The Morgan fingerprint density at radius 3 is 2.59 bits per heavy atom. The quantitative estimate of drug-likeness (QED) is 0.800. The first-order chi connectivity index (χ1) is 10.4. The number of thiazole rings is 1. The number of carboxylic acids is 1. The Hall–Kier alpha value is -1.77. The van der Waals surface area contributed by atoms with Crippen molar-refractivity contribution < 1.29 is 18.3 Å². The van der Waals surface area contributed by atoms with Gasteiger partial charge in [0.1, 0.15) is 6.04 Å². The molecule has 0 aliphatic heterocycles. The molecule has 0 unspecified atom stereocenters. The first-order valence-electron chi connectivity index (χ1n) is 6.56. The van der Waals surface area contributed by atoms with E-state index < -0.39 is 22.0 Å². The number of nitrogens with zero attached hydrogens (tertiary/aromatic N) is 1. The number of hydrogen-bond acceptors (Lipinski definition) is 5. The van der Waals surface area contributed by atoms with Crippen molar-refractivity contribution in [1.29, 1.82) is 0 Å². The molecule has 0 aliphatic carbocycles. The van der Waals surface area contributed by atoms with Gasteiger partial charge in [0.2, 0.25) is 10.0 Å². The van der Waals surface area contributed by atoms with Crippen molar-refractivity contribution >= 4 is 27.3 Å². The van der Waals surface area contributed by atoms with E-state index in [0.717, 1.165) is 10.6 Å². The van der Waals surface area contributed by atoms with Gasteiger partial charge in [-0.2, -0.15) is 4.72 Å². The summed E-state index contributed by atoms with van der Waals surface area (Å²) < 4.78 is 26.5. The Bertz CT molecular complexity index is 741. The molecule has 118 valence electrons. The first kappa shape index (κ1) is 16.6. The number of hydrogen-bond donors (Lipinski definition) is 2. The van der Waals surface area contributed by atoms with Crippen LogP contribution in [0, 0.1) is 6.92 Å². The summed E-state index contributed by atoms with van der Waals surface area (Å²) in [5, 5.41) is 9.25. The molecule has 8 heteroatoms. The van der Waals surface area contributed by atoms with Crippen molar-refractivity contribution in [2.24, 2.45) is 0 Å². The van der Waals surface area contributed by atoms with Gasteiger partial charge in [-0.3, -0.25) is 4.79 Å². The number of carbonyl (C=O) groups is 1. The summed E-state index contributed by atoms with van der Waals surface area (Å²) in [6.45, 7) is 1.82. The fourth-order valence-electron chi connectivity index (χ4n) is 1.94. The smallest absolute Gasteiger partial charge is 0.326 e. The summed E-state index contributed by atoms with van der Waals surface area (Å²) in [6.07, 6.45) is 0.312. The van der Waals surface area contributed by atoms with E-state index in [2.05, 4.69) is 9.71 Å². The average Bonchev–Trinajstić information content (AvgIpc) is 2.89. The zero-order valence-corrected chi connectivity index (χ0v) is 13.5. The van der Waals surface area contributed by atoms with Crippen LogP contribution in [0.5, 0.6) is 0 Å². The average molecular weight is 340 g/mol. The Labute approximate surface area is 132 Å². The minimum Gasteiger partial charge on any atom is -0.480 e. The van der Waals surface area contributed by atoms with Crippen LogP contribution in [0.3, 0.4) is 0 Å². The van der Waals surface area contributed by atoms with Crippen molar-refractivity contribution in [3.63, 3.8) is 0 Å². The van der Waals surface area contributed by atoms with Gasteiger partial charge in [-0.15, -0.1) is 11.3 Å². The van der Waals surface area contributed by atoms with E-state index in [-0.39, 0.29) is 5.75 Å². The highest BCUT2D eigenvalue weighted by atomic mass is 32.2. The van der Waals surface area contributed by atoms with E-state index in [0.29, 0.717) is 12.0 Å². The van der Waals surface area contributed by atoms with Crippen molar-refractivity contribution in [3.8, 4) is 0 Å². The fourth-order valence-corrected chi connectivity index (χ4v) is 4.04. The summed E-state index contributed by atoms with van der Waals surface area (Å²) in [4.78, 5) is 16.3. The molecule has 2 rings (SSSR count). The standard InChI is InChI=1S/C14H16N2O4S2/c1-10-12(21-9-15-10)7-8-22(19,20)16-13(14(17)18)11-5-3-2-4-6-11/h2-6,9,13,16H,7-8H2,1H3,(H,17,18)/t13-/m0/s1. The van der Waals surface area contributed by atoms with E-state index in [1.165, 1.54) is 11.3 Å². The SMILES string of the molecule is Cc1ncsc1CCS(=O)(=O)N[C@H](C(=O)O)c1ccccc1. The number of aromatic nitrogens is 1. The Balaban J connectivity index is 2.08. The largest absolute Gasteiger partial charge is 0.480 e. The molecule has 0 amide bonds. The van der Waals surface area contributed by atoms with E-state index in [9.17, 15) is 18.3 Å². The normalized spacial score (nSPS) is 13.0. The maximum Gasteiger partial charge on any atom is 0.326 e. The second kappa shape index (κ2) is 6.99. The lowest BCUT2D eigenvalue weighted by atomic mass is 10.1. The van der Waals surface area contributed by atoms with Crippen molar-refractivity contribution in [1.82, 2.24) is 9.71 Å². The molecule has 22 heavy (non-hydrogen) atoms. The van der Waals surface area contributed by atoms with Gasteiger partial charge in [0.15, 0.2) is 0 Å². The molecular weight excluding hydrogens is 324 g/mol. The zero-order valence-electron chi connectivity index (χ0n) is 11.9. The lowest BCUT2D eigenvalue weighted by molar-refractivity contribution is -0.139. The molecule has 0 saturated heterocycles. The van der Waals surface area contributed by atoms with Crippen LogP contribution in [-0.4, -0.2) is 30.2 Å². The van der Waals surface area contributed by atoms with E-state index in [4.69, 9.17) is 0 Å². The zero-order chi connectivity index (χ0) is 16.2. The van der Waals surface area contributed by atoms with Crippen LogP contribution in [-0.2, 0) is 21.2 Å². The summed E-state index contributed by atoms with van der Waals surface area (Å²) in [5.74, 6) is -1.41. The monoisotopic (exact) mass is 340 g/mol. The lowest BCUT2D eigenvalue weighted by Crippen LogP contribution is -2.35. The molecule has 1 aromatic carbocycles. The van der Waals surface area contributed by atoms with Gasteiger partial charge < -0.3 is 5.11 Å². The molecule has 1 heterocycles. The van der Waals surface area contributed by atoms with E-state index in [1.54, 1.807) is 35.8 Å². The third-order valence-electron chi connectivity index (χ3n) is 3.12. The summed E-state index contributed by atoms with van der Waals surface area (Å²) >= 11 is 1.39. The summed E-state index contributed by atoms with van der Waals surface area (Å²) in [6, 6.07) is 6.95. The second-order valence-electron chi connectivity index (χ2n) is 4.73. The molecule has 0 saturated carbocycles. The first-order valence-corrected chi connectivity index (χ1v) is 9.09. The van der Waals surface area contributed by atoms with Gasteiger partial charge in [-0.05, 0) is 18.9 Å². The Morgan fingerprint density at radius 2 is 2.05 bits per heavy atom. The highest BCUT2D eigenvalue weighted by molar-refractivity contribution is 7.89. The van der Waals surface area contributed by atoms with Crippen LogP contribution >= 0.6 is 11.3 Å². The minimum atomic E-state index is -3.72. The predicted octanol–water partition coefficient (Wildman–Crippen LogP) is 1.74. The van der Waals surface area contributed by atoms with Crippen LogP contribution in [0.25, 0.3) is 0 Å². The minimum absolute atomic E-state index is 0.174. The number of benzene rings is 1. The molecule has 2 N–H and O–H groups in total.